The zero-order valence-electron chi connectivity index (χ0n) is 13.0. The van der Waals surface area contributed by atoms with Crippen LogP contribution < -0.4 is 0 Å². The van der Waals surface area contributed by atoms with E-state index in [9.17, 15) is 0 Å². The summed E-state index contributed by atoms with van der Waals surface area (Å²) in [5.41, 5.74) is 3.66. The minimum Gasteiger partial charge on any atom is -0.332 e. The molecular formula is C18H14N4OS. The summed E-state index contributed by atoms with van der Waals surface area (Å²) in [5, 5.41) is 7.27. The van der Waals surface area contributed by atoms with Gasteiger partial charge in [0.25, 0.3) is 5.89 Å². The maximum absolute atomic E-state index is 5.30. The van der Waals surface area contributed by atoms with Crippen LogP contribution in [0, 0.1) is 0 Å². The van der Waals surface area contributed by atoms with E-state index < -0.39 is 0 Å². The number of nitrogens with zero attached hydrogens (tertiary/aromatic N) is 4. The molecule has 0 aliphatic heterocycles. The molecule has 1 aromatic carbocycles. The number of aryl methyl sites for hydroxylation is 1. The van der Waals surface area contributed by atoms with Crippen molar-refractivity contribution >= 4 is 11.3 Å². The zero-order valence-corrected chi connectivity index (χ0v) is 13.8. The molecule has 4 rings (SSSR count). The molecule has 0 saturated heterocycles. The van der Waals surface area contributed by atoms with Crippen molar-refractivity contribution < 1.29 is 4.52 Å². The van der Waals surface area contributed by atoms with E-state index in [1.165, 1.54) is 0 Å². The van der Waals surface area contributed by atoms with Gasteiger partial charge < -0.3 is 4.52 Å². The van der Waals surface area contributed by atoms with Gasteiger partial charge in [0.05, 0.1) is 10.7 Å². The van der Waals surface area contributed by atoms with Crippen molar-refractivity contribution in [3.8, 4) is 34.2 Å². The second-order valence-electron chi connectivity index (χ2n) is 5.20. The molecule has 0 radical (unpaired) electrons. The van der Waals surface area contributed by atoms with E-state index in [1.54, 1.807) is 17.5 Å². The molecule has 3 aromatic heterocycles. The van der Waals surface area contributed by atoms with Gasteiger partial charge in [0.15, 0.2) is 0 Å². The van der Waals surface area contributed by atoms with Crippen molar-refractivity contribution in [3.63, 3.8) is 0 Å². The lowest BCUT2D eigenvalue weighted by Gasteiger charge is -1.98. The first-order valence-electron chi connectivity index (χ1n) is 7.64. The van der Waals surface area contributed by atoms with Gasteiger partial charge >= 0.3 is 0 Å². The molecule has 0 amide bonds. The standard InChI is InChI=1S/C18H14N4OS/c1-2-16-20-15(11-24-16)12-6-8-13(9-7-12)17-21-18(23-22-17)14-5-3-4-10-19-14/h3-11H,2H2,1H3. The summed E-state index contributed by atoms with van der Waals surface area (Å²) >= 11 is 1.69. The lowest BCUT2D eigenvalue weighted by Crippen LogP contribution is -1.84. The van der Waals surface area contributed by atoms with E-state index in [4.69, 9.17) is 4.52 Å². The van der Waals surface area contributed by atoms with E-state index in [2.05, 4.69) is 32.4 Å². The molecule has 6 heteroatoms. The lowest BCUT2D eigenvalue weighted by atomic mass is 10.1. The SMILES string of the molecule is CCc1nc(-c2ccc(-c3noc(-c4ccccn4)n3)cc2)cs1. The van der Waals surface area contributed by atoms with E-state index in [-0.39, 0.29) is 0 Å². The molecule has 0 unspecified atom stereocenters. The highest BCUT2D eigenvalue weighted by Gasteiger charge is 2.11. The Hall–Kier alpha value is -2.86. The molecule has 5 nitrogen and oxygen atoms in total. The fraction of sp³-hybridized carbons (Fsp3) is 0.111. The number of rotatable bonds is 4. The van der Waals surface area contributed by atoms with Crippen LogP contribution in [0.25, 0.3) is 34.2 Å². The van der Waals surface area contributed by atoms with Gasteiger partial charge in [0, 0.05) is 22.7 Å². The molecule has 0 atom stereocenters. The summed E-state index contributed by atoms with van der Waals surface area (Å²) in [6, 6.07) is 13.6. The van der Waals surface area contributed by atoms with Gasteiger partial charge in [-0.15, -0.1) is 11.3 Å². The van der Waals surface area contributed by atoms with Crippen LogP contribution >= 0.6 is 11.3 Å². The number of aromatic nitrogens is 4. The summed E-state index contributed by atoms with van der Waals surface area (Å²) in [4.78, 5) is 13.2. The Balaban J connectivity index is 1.60. The molecule has 0 bridgehead atoms. The Bertz CT molecular complexity index is 945. The monoisotopic (exact) mass is 334 g/mol. The molecule has 118 valence electrons. The molecular weight excluding hydrogens is 320 g/mol. The normalized spacial score (nSPS) is 10.9. The molecule has 3 heterocycles. The van der Waals surface area contributed by atoms with E-state index in [0.717, 1.165) is 28.2 Å². The van der Waals surface area contributed by atoms with Crippen LogP contribution in [-0.4, -0.2) is 20.1 Å². The average Bonchev–Trinajstić information content (AvgIpc) is 3.32. The predicted molar refractivity (Wildman–Crippen MR) is 93.5 cm³/mol. The van der Waals surface area contributed by atoms with Crippen molar-refractivity contribution in [2.45, 2.75) is 13.3 Å². The number of hydrogen-bond donors (Lipinski definition) is 0. The van der Waals surface area contributed by atoms with Crippen LogP contribution in [0.3, 0.4) is 0 Å². The van der Waals surface area contributed by atoms with Crippen molar-refractivity contribution in [1.82, 2.24) is 20.1 Å². The van der Waals surface area contributed by atoms with Gasteiger partial charge in [-0.25, -0.2) is 4.98 Å². The number of benzene rings is 1. The van der Waals surface area contributed by atoms with Crippen molar-refractivity contribution in [2.24, 2.45) is 0 Å². The first-order chi connectivity index (χ1) is 11.8. The molecule has 0 saturated carbocycles. The third kappa shape index (κ3) is 2.83. The van der Waals surface area contributed by atoms with Gasteiger partial charge in [0.1, 0.15) is 5.69 Å². The van der Waals surface area contributed by atoms with Crippen LogP contribution in [0.2, 0.25) is 0 Å². The maximum Gasteiger partial charge on any atom is 0.276 e. The quantitative estimate of drug-likeness (QED) is 0.550. The largest absolute Gasteiger partial charge is 0.332 e. The molecule has 24 heavy (non-hydrogen) atoms. The van der Waals surface area contributed by atoms with Crippen molar-refractivity contribution in [1.29, 1.82) is 0 Å². The summed E-state index contributed by atoms with van der Waals surface area (Å²) in [7, 11) is 0. The minimum atomic E-state index is 0.418. The Kier molecular flexibility index (Phi) is 3.88. The van der Waals surface area contributed by atoms with Gasteiger partial charge in [-0.05, 0) is 18.6 Å². The van der Waals surface area contributed by atoms with Crippen LogP contribution in [0.4, 0.5) is 0 Å². The summed E-state index contributed by atoms with van der Waals surface area (Å²) in [6.45, 7) is 2.11. The molecule has 4 aromatic rings. The predicted octanol–water partition coefficient (Wildman–Crippen LogP) is 4.48. The van der Waals surface area contributed by atoms with E-state index in [1.807, 2.05) is 42.5 Å². The highest BCUT2D eigenvalue weighted by Crippen LogP contribution is 2.26. The fourth-order valence-corrected chi connectivity index (χ4v) is 3.08. The van der Waals surface area contributed by atoms with Crippen molar-refractivity contribution in [2.75, 3.05) is 0 Å². The average molecular weight is 334 g/mol. The summed E-state index contributed by atoms with van der Waals surface area (Å²) in [5.74, 6) is 0.969. The maximum atomic E-state index is 5.30. The minimum absolute atomic E-state index is 0.418. The lowest BCUT2D eigenvalue weighted by molar-refractivity contribution is 0.431. The third-order valence-electron chi connectivity index (χ3n) is 3.60. The first kappa shape index (κ1) is 14.7. The first-order valence-corrected chi connectivity index (χ1v) is 8.52. The summed E-state index contributed by atoms with van der Waals surface area (Å²) < 4.78 is 5.30. The molecule has 0 spiro atoms. The molecule has 0 aliphatic rings. The van der Waals surface area contributed by atoms with Crippen LogP contribution in [0.15, 0.2) is 58.6 Å². The Morgan fingerprint density at radius 3 is 2.50 bits per heavy atom. The molecule has 0 N–H and O–H groups in total. The van der Waals surface area contributed by atoms with Crippen LogP contribution in [-0.2, 0) is 6.42 Å². The van der Waals surface area contributed by atoms with Gasteiger partial charge in [-0.2, -0.15) is 4.98 Å². The van der Waals surface area contributed by atoms with Crippen LogP contribution in [0.5, 0.6) is 0 Å². The Labute approximate surface area is 143 Å². The number of pyridine rings is 1. The number of thiazole rings is 1. The highest BCUT2D eigenvalue weighted by molar-refractivity contribution is 7.09. The Morgan fingerprint density at radius 2 is 1.79 bits per heavy atom. The Morgan fingerprint density at radius 1 is 0.958 bits per heavy atom. The number of hydrogen-bond acceptors (Lipinski definition) is 6. The second-order valence-corrected chi connectivity index (χ2v) is 6.14. The van der Waals surface area contributed by atoms with Gasteiger partial charge in [0.2, 0.25) is 5.82 Å². The van der Waals surface area contributed by atoms with Crippen LogP contribution in [0.1, 0.15) is 11.9 Å². The van der Waals surface area contributed by atoms with E-state index >= 15 is 0 Å². The topological polar surface area (TPSA) is 64.7 Å². The van der Waals surface area contributed by atoms with Crippen molar-refractivity contribution in [3.05, 3.63) is 59.0 Å². The van der Waals surface area contributed by atoms with Gasteiger partial charge in [-0.1, -0.05) is 42.4 Å². The van der Waals surface area contributed by atoms with E-state index in [0.29, 0.717) is 17.4 Å². The summed E-state index contributed by atoms with van der Waals surface area (Å²) in [6.07, 6.45) is 2.66. The van der Waals surface area contributed by atoms with Gasteiger partial charge in [-0.3, -0.25) is 4.98 Å². The fourth-order valence-electron chi connectivity index (χ4n) is 2.33. The molecule has 0 fully saturated rings. The highest BCUT2D eigenvalue weighted by atomic mass is 32.1. The third-order valence-corrected chi connectivity index (χ3v) is 4.60. The molecule has 0 aliphatic carbocycles. The second kappa shape index (κ2) is 6.33. The smallest absolute Gasteiger partial charge is 0.276 e. The zero-order chi connectivity index (χ0) is 16.4.